The molecule has 1 saturated carbocycles. The Bertz CT molecular complexity index is 421. The quantitative estimate of drug-likeness (QED) is 0.863. The second-order valence-electron chi connectivity index (χ2n) is 6.00. The summed E-state index contributed by atoms with van der Waals surface area (Å²) in [4.78, 5) is 16.2. The molecule has 1 aromatic rings. The summed E-state index contributed by atoms with van der Waals surface area (Å²) in [6.45, 7) is 0. The molecule has 1 aliphatic carbocycles. The summed E-state index contributed by atoms with van der Waals surface area (Å²) >= 11 is 1.32. The fraction of sp³-hybridized carbons (Fsp3) is 0.750. The van der Waals surface area contributed by atoms with Gasteiger partial charge in [-0.05, 0) is 12.8 Å². The van der Waals surface area contributed by atoms with Crippen LogP contribution in [-0.4, -0.2) is 16.9 Å². The van der Waals surface area contributed by atoms with E-state index in [4.69, 9.17) is 5.73 Å². The van der Waals surface area contributed by atoms with Crippen molar-refractivity contribution in [2.75, 3.05) is 5.73 Å². The molecule has 0 aromatic carbocycles. The molecule has 3 N–H and O–H groups in total. The molecule has 0 unspecified atom stereocenters. The number of nitrogen functional groups attached to an aromatic ring is 1. The third-order valence-corrected chi connectivity index (χ3v) is 4.87. The summed E-state index contributed by atoms with van der Waals surface area (Å²) in [5, 5.41) is 5.34. The molecule has 0 saturated heterocycles. The molecular weight excluding hydrogens is 282 g/mol. The van der Waals surface area contributed by atoms with Crippen LogP contribution < -0.4 is 11.1 Å². The highest BCUT2D eigenvalue weighted by molar-refractivity contribution is 7.13. The summed E-state index contributed by atoms with van der Waals surface area (Å²) in [6.07, 6.45) is 14.0. The predicted octanol–water partition coefficient (Wildman–Crippen LogP) is 4.13. The van der Waals surface area contributed by atoms with E-state index in [1.807, 2.05) is 0 Å². The summed E-state index contributed by atoms with van der Waals surface area (Å²) in [7, 11) is 0. The fourth-order valence-corrected chi connectivity index (χ4v) is 3.50. The van der Waals surface area contributed by atoms with Crippen molar-refractivity contribution in [1.82, 2.24) is 10.3 Å². The van der Waals surface area contributed by atoms with Crippen molar-refractivity contribution in [3.8, 4) is 0 Å². The number of carbonyl (C=O) groups excluding carboxylic acids is 1. The first-order valence-electron chi connectivity index (χ1n) is 8.27. The van der Waals surface area contributed by atoms with Crippen LogP contribution in [0.25, 0.3) is 0 Å². The van der Waals surface area contributed by atoms with E-state index >= 15 is 0 Å². The summed E-state index contributed by atoms with van der Waals surface area (Å²) < 4.78 is 0. The van der Waals surface area contributed by atoms with Crippen LogP contribution in [0.3, 0.4) is 0 Å². The number of aromatic nitrogens is 1. The molecule has 5 heteroatoms. The molecule has 1 aliphatic rings. The number of anilines is 1. The van der Waals surface area contributed by atoms with Crippen LogP contribution in [0, 0.1) is 0 Å². The van der Waals surface area contributed by atoms with Gasteiger partial charge < -0.3 is 11.1 Å². The van der Waals surface area contributed by atoms with E-state index in [1.165, 1.54) is 69.1 Å². The van der Waals surface area contributed by atoms with Crippen LogP contribution >= 0.6 is 11.3 Å². The number of thiazole rings is 1. The molecule has 2 rings (SSSR count). The standard InChI is InChI=1S/C16H27N3OS/c17-16-19-14(12-21-16)15(20)18-13-10-8-6-4-2-1-3-5-7-9-11-13/h12-13H,1-11H2,(H2,17,19)(H,18,20). The van der Waals surface area contributed by atoms with E-state index in [2.05, 4.69) is 10.3 Å². The normalized spacial score (nSPS) is 19.4. The second-order valence-corrected chi connectivity index (χ2v) is 6.89. The van der Waals surface area contributed by atoms with E-state index in [0.717, 1.165) is 12.8 Å². The number of nitrogens with zero attached hydrogens (tertiary/aromatic N) is 1. The second kappa shape index (κ2) is 9.03. The van der Waals surface area contributed by atoms with E-state index in [1.54, 1.807) is 5.38 Å². The smallest absolute Gasteiger partial charge is 0.271 e. The molecule has 21 heavy (non-hydrogen) atoms. The predicted molar refractivity (Wildman–Crippen MR) is 88.6 cm³/mol. The maximum atomic E-state index is 12.2. The molecule has 0 aliphatic heterocycles. The minimum absolute atomic E-state index is 0.0694. The van der Waals surface area contributed by atoms with E-state index in [0.29, 0.717) is 16.9 Å². The Hall–Kier alpha value is -1.10. The van der Waals surface area contributed by atoms with Crippen LogP contribution in [0.4, 0.5) is 5.13 Å². The monoisotopic (exact) mass is 309 g/mol. The minimum Gasteiger partial charge on any atom is -0.375 e. The van der Waals surface area contributed by atoms with Gasteiger partial charge in [-0.3, -0.25) is 4.79 Å². The molecule has 1 heterocycles. The first-order chi connectivity index (χ1) is 10.3. The van der Waals surface area contributed by atoms with Crippen molar-refractivity contribution < 1.29 is 4.79 Å². The van der Waals surface area contributed by atoms with Crippen LogP contribution in [0.1, 0.15) is 81.1 Å². The van der Waals surface area contributed by atoms with Gasteiger partial charge in [0.15, 0.2) is 5.13 Å². The molecule has 118 valence electrons. The highest BCUT2D eigenvalue weighted by atomic mass is 32.1. The van der Waals surface area contributed by atoms with Gasteiger partial charge in [0.05, 0.1) is 0 Å². The molecule has 1 amide bonds. The molecule has 1 fully saturated rings. The van der Waals surface area contributed by atoms with Gasteiger partial charge in [-0.1, -0.05) is 57.8 Å². The van der Waals surface area contributed by atoms with E-state index < -0.39 is 0 Å². The van der Waals surface area contributed by atoms with Crippen molar-refractivity contribution >= 4 is 22.4 Å². The van der Waals surface area contributed by atoms with Gasteiger partial charge in [0.1, 0.15) is 5.69 Å². The lowest BCUT2D eigenvalue weighted by molar-refractivity contribution is 0.0927. The highest BCUT2D eigenvalue weighted by Crippen LogP contribution is 2.18. The lowest BCUT2D eigenvalue weighted by Crippen LogP contribution is -2.35. The zero-order valence-electron chi connectivity index (χ0n) is 12.8. The van der Waals surface area contributed by atoms with Gasteiger partial charge in [-0.25, -0.2) is 4.98 Å². The third kappa shape index (κ3) is 6.04. The summed E-state index contributed by atoms with van der Waals surface area (Å²) in [5.74, 6) is -0.0694. The van der Waals surface area contributed by atoms with Gasteiger partial charge in [-0.15, -0.1) is 11.3 Å². The molecule has 4 nitrogen and oxygen atoms in total. The Morgan fingerprint density at radius 1 is 1.05 bits per heavy atom. The maximum absolute atomic E-state index is 12.2. The highest BCUT2D eigenvalue weighted by Gasteiger charge is 2.15. The first-order valence-corrected chi connectivity index (χ1v) is 9.15. The zero-order chi connectivity index (χ0) is 14.9. The average Bonchev–Trinajstić information content (AvgIpc) is 2.88. The number of amides is 1. The van der Waals surface area contributed by atoms with Gasteiger partial charge in [0.25, 0.3) is 5.91 Å². The van der Waals surface area contributed by atoms with Gasteiger partial charge in [0, 0.05) is 11.4 Å². The van der Waals surface area contributed by atoms with Crippen LogP contribution in [0.2, 0.25) is 0 Å². The molecular formula is C16H27N3OS. The third-order valence-electron chi connectivity index (χ3n) is 4.19. The molecule has 0 spiro atoms. The van der Waals surface area contributed by atoms with Crippen LogP contribution in [0.15, 0.2) is 5.38 Å². The largest absolute Gasteiger partial charge is 0.375 e. The number of carbonyl (C=O) groups is 1. The Morgan fingerprint density at radius 3 is 2.05 bits per heavy atom. The zero-order valence-corrected chi connectivity index (χ0v) is 13.6. The number of hydrogen-bond donors (Lipinski definition) is 2. The Kier molecular flexibility index (Phi) is 7.00. The van der Waals surface area contributed by atoms with Gasteiger partial charge in [-0.2, -0.15) is 0 Å². The topological polar surface area (TPSA) is 68.0 Å². The van der Waals surface area contributed by atoms with Crippen LogP contribution in [0.5, 0.6) is 0 Å². The van der Waals surface area contributed by atoms with E-state index in [9.17, 15) is 4.79 Å². The lowest BCUT2D eigenvalue weighted by atomic mass is 9.98. The van der Waals surface area contributed by atoms with Crippen molar-refractivity contribution in [2.45, 2.75) is 76.7 Å². The maximum Gasteiger partial charge on any atom is 0.271 e. The average molecular weight is 309 g/mol. The van der Waals surface area contributed by atoms with Crippen molar-refractivity contribution in [3.05, 3.63) is 11.1 Å². The van der Waals surface area contributed by atoms with Crippen LogP contribution in [-0.2, 0) is 0 Å². The summed E-state index contributed by atoms with van der Waals surface area (Å²) in [6, 6.07) is 0.292. The number of nitrogens with two attached hydrogens (primary N) is 1. The number of hydrogen-bond acceptors (Lipinski definition) is 4. The Morgan fingerprint density at radius 2 is 1.57 bits per heavy atom. The van der Waals surface area contributed by atoms with E-state index in [-0.39, 0.29) is 5.91 Å². The summed E-state index contributed by atoms with van der Waals surface area (Å²) in [5.41, 5.74) is 6.05. The number of nitrogens with one attached hydrogen (secondary N) is 1. The van der Waals surface area contributed by atoms with Crippen molar-refractivity contribution in [1.29, 1.82) is 0 Å². The Balaban J connectivity index is 1.83. The van der Waals surface area contributed by atoms with Gasteiger partial charge in [0.2, 0.25) is 0 Å². The molecule has 0 radical (unpaired) electrons. The van der Waals surface area contributed by atoms with Crippen molar-refractivity contribution in [3.63, 3.8) is 0 Å². The van der Waals surface area contributed by atoms with Crippen molar-refractivity contribution in [2.24, 2.45) is 0 Å². The molecule has 0 atom stereocenters. The molecule has 0 bridgehead atoms. The number of rotatable bonds is 2. The Labute approximate surface area is 131 Å². The SMILES string of the molecule is Nc1nc(C(=O)NC2CCCCCCCCCCC2)cs1. The minimum atomic E-state index is -0.0694. The fourth-order valence-electron chi connectivity index (χ4n) is 2.96. The first kappa shape index (κ1) is 16.3. The molecule has 1 aromatic heterocycles. The van der Waals surface area contributed by atoms with Gasteiger partial charge >= 0.3 is 0 Å². The lowest BCUT2D eigenvalue weighted by Gasteiger charge is -2.19.